The summed E-state index contributed by atoms with van der Waals surface area (Å²) in [5.41, 5.74) is 17.7. The van der Waals surface area contributed by atoms with Gasteiger partial charge in [0, 0.05) is 6.07 Å². The third-order valence-corrected chi connectivity index (χ3v) is 2.57. The Morgan fingerprint density at radius 1 is 0.864 bits per heavy atom. The van der Waals surface area contributed by atoms with E-state index in [1.165, 1.54) is 12.1 Å². The van der Waals surface area contributed by atoms with Crippen LogP contribution in [-0.2, 0) is 0 Å². The Morgan fingerprint density at radius 2 is 1.36 bits per heavy atom. The number of benzene rings is 2. The van der Waals surface area contributed by atoms with E-state index in [0.717, 1.165) is 6.07 Å². The summed E-state index contributed by atoms with van der Waals surface area (Å²) in [5.74, 6) is 0. The SMILES string of the molecule is N#Cc1ccc(N)c(N)c1.N#Cc1ccc(N)c([N+](=O)[O-])c1. The van der Waals surface area contributed by atoms with Crippen molar-refractivity contribution in [1.29, 1.82) is 10.5 Å². The lowest BCUT2D eigenvalue weighted by Gasteiger charge is -1.97. The summed E-state index contributed by atoms with van der Waals surface area (Å²) in [5, 5.41) is 27.1. The van der Waals surface area contributed by atoms with Crippen molar-refractivity contribution in [1.82, 2.24) is 0 Å². The van der Waals surface area contributed by atoms with Gasteiger partial charge in [-0.15, -0.1) is 0 Å². The summed E-state index contributed by atoms with van der Waals surface area (Å²) in [4.78, 5) is 9.69. The van der Waals surface area contributed by atoms with Gasteiger partial charge in [-0.05, 0) is 30.3 Å². The van der Waals surface area contributed by atoms with Crippen LogP contribution in [0.4, 0.5) is 22.7 Å². The number of nitrogens with zero attached hydrogens (tertiary/aromatic N) is 3. The minimum absolute atomic E-state index is 0.0685. The largest absolute Gasteiger partial charge is 0.397 e. The number of nitriles is 2. The summed E-state index contributed by atoms with van der Waals surface area (Å²) in [6, 6.07) is 12.5. The van der Waals surface area contributed by atoms with E-state index in [4.69, 9.17) is 27.7 Å². The molecule has 0 atom stereocenters. The van der Waals surface area contributed by atoms with Crippen molar-refractivity contribution < 1.29 is 4.92 Å². The molecular weight excluding hydrogens is 284 g/mol. The third-order valence-electron chi connectivity index (χ3n) is 2.57. The van der Waals surface area contributed by atoms with Crippen LogP contribution < -0.4 is 17.2 Å². The van der Waals surface area contributed by atoms with Gasteiger partial charge in [0.05, 0.1) is 39.6 Å². The maximum atomic E-state index is 10.3. The molecule has 0 spiro atoms. The van der Waals surface area contributed by atoms with Crippen LogP contribution >= 0.6 is 0 Å². The van der Waals surface area contributed by atoms with Gasteiger partial charge >= 0.3 is 0 Å². The highest BCUT2D eigenvalue weighted by molar-refractivity contribution is 5.65. The molecule has 0 unspecified atom stereocenters. The average molecular weight is 296 g/mol. The second-order valence-corrected chi connectivity index (χ2v) is 4.10. The molecule has 0 aliphatic carbocycles. The molecule has 0 heterocycles. The Balaban J connectivity index is 0.000000224. The summed E-state index contributed by atoms with van der Waals surface area (Å²) < 4.78 is 0. The molecule has 0 saturated heterocycles. The van der Waals surface area contributed by atoms with Crippen molar-refractivity contribution >= 4 is 22.7 Å². The second kappa shape index (κ2) is 7.12. The molecule has 0 bridgehead atoms. The maximum Gasteiger partial charge on any atom is 0.293 e. The molecule has 2 rings (SSSR count). The lowest BCUT2D eigenvalue weighted by atomic mass is 10.2. The average Bonchev–Trinajstić information content (AvgIpc) is 2.51. The van der Waals surface area contributed by atoms with Crippen LogP contribution in [0, 0.1) is 32.8 Å². The van der Waals surface area contributed by atoms with E-state index in [1.807, 2.05) is 6.07 Å². The first-order chi connectivity index (χ1) is 10.4. The van der Waals surface area contributed by atoms with Crippen LogP contribution in [0.2, 0.25) is 0 Å². The molecule has 0 aliphatic rings. The molecule has 22 heavy (non-hydrogen) atoms. The van der Waals surface area contributed by atoms with Crippen molar-refractivity contribution in [3.05, 3.63) is 57.6 Å². The number of hydrogen-bond donors (Lipinski definition) is 3. The van der Waals surface area contributed by atoms with Crippen molar-refractivity contribution in [2.45, 2.75) is 0 Å². The number of nitrogens with two attached hydrogens (primary N) is 3. The summed E-state index contributed by atoms with van der Waals surface area (Å²) in [6.45, 7) is 0. The van der Waals surface area contributed by atoms with E-state index in [0.29, 0.717) is 16.9 Å². The zero-order valence-corrected chi connectivity index (χ0v) is 11.4. The summed E-state index contributed by atoms with van der Waals surface area (Å²) in [6.07, 6.45) is 0. The van der Waals surface area contributed by atoms with E-state index in [2.05, 4.69) is 0 Å². The maximum absolute atomic E-state index is 10.3. The molecule has 0 radical (unpaired) electrons. The smallest absolute Gasteiger partial charge is 0.293 e. The van der Waals surface area contributed by atoms with Crippen molar-refractivity contribution in [3.8, 4) is 12.1 Å². The monoisotopic (exact) mass is 296 g/mol. The van der Waals surface area contributed by atoms with Gasteiger partial charge in [-0.25, -0.2) is 0 Å². The fraction of sp³-hybridized carbons (Fsp3) is 0. The Labute approximate surface area is 126 Å². The second-order valence-electron chi connectivity index (χ2n) is 4.10. The van der Waals surface area contributed by atoms with Crippen LogP contribution in [0.3, 0.4) is 0 Å². The topological polar surface area (TPSA) is 169 Å². The van der Waals surface area contributed by atoms with Crippen LogP contribution in [-0.4, -0.2) is 4.92 Å². The molecule has 2 aromatic carbocycles. The van der Waals surface area contributed by atoms with E-state index in [-0.39, 0.29) is 16.9 Å². The van der Waals surface area contributed by atoms with Crippen LogP contribution in [0.25, 0.3) is 0 Å². The van der Waals surface area contributed by atoms with Gasteiger partial charge in [0.1, 0.15) is 5.69 Å². The number of anilines is 3. The molecule has 6 N–H and O–H groups in total. The van der Waals surface area contributed by atoms with Crippen LogP contribution in [0.15, 0.2) is 36.4 Å². The molecule has 0 aromatic heterocycles. The number of nitro benzene ring substituents is 1. The number of nitro groups is 1. The first-order valence-corrected chi connectivity index (χ1v) is 5.88. The highest BCUT2D eigenvalue weighted by Crippen LogP contribution is 2.21. The van der Waals surface area contributed by atoms with E-state index in [9.17, 15) is 10.1 Å². The number of rotatable bonds is 1. The lowest BCUT2D eigenvalue weighted by Crippen LogP contribution is -1.95. The first-order valence-electron chi connectivity index (χ1n) is 5.88. The molecule has 2 aromatic rings. The van der Waals surface area contributed by atoms with Crippen LogP contribution in [0.5, 0.6) is 0 Å². The van der Waals surface area contributed by atoms with Crippen molar-refractivity contribution in [2.24, 2.45) is 0 Å². The summed E-state index contributed by atoms with van der Waals surface area (Å²) in [7, 11) is 0. The number of nitrogen functional groups attached to an aromatic ring is 3. The molecule has 0 amide bonds. The molecule has 0 aliphatic heterocycles. The van der Waals surface area contributed by atoms with Gasteiger partial charge in [-0.2, -0.15) is 10.5 Å². The van der Waals surface area contributed by atoms with Gasteiger partial charge in [0.2, 0.25) is 0 Å². The van der Waals surface area contributed by atoms with Gasteiger partial charge < -0.3 is 17.2 Å². The van der Waals surface area contributed by atoms with E-state index >= 15 is 0 Å². The molecule has 0 fully saturated rings. The fourth-order valence-corrected chi connectivity index (χ4v) is 1.42. The predicted molar refractivity (Wildman–Crippen MR) is 82.2 cm³/mol. The van der Waals surface area contributed by atoms with Crippen molar-refractivity contribution in [3.63, 3.8) is 0 Å². The van der Waals surface area contributed by atoms with Crippen molar-refractivity contribution in [2.75, 3.05) is 17.2 Å². The Kier molecular flexibility index (Phi) is 5.27. The quantitative estimate of drug-likeness (QED) is 0.409. The normalized spacial score (nSPS) is 8.82. The minimum atomic E-state index is -0.615. The number of hydrogen-bond acceptors (Lipinski definition) is 7. The van der Waals surface area contributed by atoms with E-state index in [1.54, 1.807) is 24.3 Å². The van der Waals surface area contributed by atoms with Gasteiger partial charge in [0.25, 0.3) is 5.69 Å². The molecule has 8 nitrogen and oxygen atoms in total. The van der Waals surface area contributed by atoms with Gasteiger partial charge in [-0.1, -0.05) is 0 Å². The fourth-order valence-electron chi connectivity index (χ4n) is 1.42. The molecule has 8 heteroatoms. The Bertz CT molecular complexity index is 789. The standard InChI is InChI=1S/C7H5N3O2.C7H7N3/c8-4-5-1-2-6(9)7(3-5)10(11)12;8-4-5-1-2-6(9)7(10)3-5/h1-3H,9H2;1-3H,9-10H2. The highest BCUT2D eigenvalue weighted by Gasteiger charge is 2.10. The Hall–Kier alpha value is -3.78. The Morgan fingerprint density at radius 3 is 1.82 bits per heavy atom. The highest BCUT2D eigenvalue weighted by atomic mass is 16.6. The zero-order valence-electron chi connectivity index (χ0n) is 11.4. The lowest BCUT2D eigenvalue weighted by molar-refractivity contribution is -0.383. The van der Waals surface area contributed by atoms with Gasteiger partial charge in [-0.3, -0.25) is 10.1 Å². The molecule has 0 saturated carbocycles. The third kappa shape index (κ3) is 4.11. The van der Waals surface area contributed by atoms with E-state index < -0.39 is 4.92 Å². The first kappa shape index (κ1) is 16.3. The van der Waals surface area contributed by atoms with Gasteiger partial charge in [0.15, 0.2) is 0 Å². The predicted octanol–water partition coefficient (Wildman–Crippen LogP) is 1.77. The van der Waals surface area contributed by atoms with Crippen LogP contribution in [0.1, 0.15) is 11.1 Å². The summed E-state index contributed by atoms with van der Waals surface area (Å²) >= 11 is 0. The minimum Gasteiger partial charge on any atom is -0.397 e. The zero-order chi connectivity index (χ0) is 16.7. The molecule has 110 valence electrons. The molecular formula is C14H12N6O2.